The lowest BCUT2D eigenvalue weighted by Gasteiger charge is -2.22. The summed E-state index contributed by atoms with van der Waals surface area (Å²) in [6, 6.07) is 9.60. The molecule has 1 fully saturated rings. The van der Waals surface area contributed by atoms with E-state index in [1.54, 1.807) is 0 Å². The van der Waals surface area contributed by atoms with Gasteiger partial charge in [-0.05, 0) is 24.5 Å². The van der Waals surface area contributed by atoms with E-state index in [2.05, 4.69) is 5.32 Å². The minimum absolute atomic E-state index is 0.0414. The van der Waals surface area contributed by atoms with Gasteiger partial charge in [0.1, 0.15) is 0 Å². The van der Waals surface area contributed by atoms with Crippen LogP contribution in [0.1, 0.15) is 13.3 Å². The first kappa shape index (κ1) is 12.9. The molecule has 0 saturated carbocycles. The molecule has 1 aromatic carbocycles. The lowest BCUT2D eigenvalue weighted by Crippen LogP contribution is -2.36. The molecular weight excluding hydrogens is 252 g/mol. The zero-order valence-electron chi connectivity index (χ0n) is 11.5. The number of likely N-dealkylation sites (tertiary alicyclic amines) is 1. The maximum atomic E-state index is 12.4. The van der Waals surface area contributed by atoms with Crippen molar-refractivity contribution in [3.63, 3.8) is 0 Å². The average molecular weight is 270 g/mol. The van der Waals surface area contributed by atoms with E-state index in [-0.39, 0.29) is 36.2 Å². The molecule has 1 heterocycles. The number of imide groups is 1. The average Bonchev–Trinajstić information content (AvgIpc) is 2.71. The Hall–Kier alpha value is -2.10. The van der Waals surface area contributed by atoms with E-state index < -0.39 is 0 Å². The fourth-order valence-electron chi connectivity index (χ4n) is 3.09. The van der Waals surface area contributed by atoms with Gasteiger partial charge < -0.3 is 5.32 Å². The Morgan fingerprint density at radius 1 is 1.20 bits per heavy atom. The molecule has 0 aromatic heterocycles. The van der Waals surface area contributed by atoms with Gasteiger partial charge in [0.15, 0.2) is 0 Å². The van der Waals surface area contributed by atoms with Crippen LogP contribution in [0.4, 0.5) is 5.69 Å². The molecule has 1 aliphatic carbocycles. The van der Waals surface area contributed by atoms with Crippen molar-refractivity contribution in [2.24, 2.45) is 17.8 Å². The molecule has 20 heavy (non-hydrogen) atoms. The van der Waals surface area contributed by atoms with Gasteiger partial charge >= 0.3 is 0 Å². The number of carbonyl (C=O) groups excluding carboxylic acids is 2. The summed E-state index contributed by atoms with van der Waals surface area (Å²) in [5.41, 5.74) is 0.911. The second-order valence-electron chi connectivity index (χ2n) is 5.46. The Labute approximate surface area is 118 Å². The number of nitrogens with zero attached hydrogens (tertiary/aromatic N) is 1. The zero-order valence-corrected chi connectivity index (χ0v) is 11.5. The van der Waals surface area contributed by atoms with Crippen molar-refractivity contribution < 1.29 is 9.59 Å². The fraction of sp³-hybridized carbons (Fsp3) is 0.375. The predicted molar refractivity (Wildman–Crippen MR) is 76.7 cm³/mol. The molecule has 104 valence electrons. The molecule has 0 radical (unpaired) electrons. The quantitative estimate of drug-likeness (QED) is 0.677. The third-order valence-electron chi connectivity index (χ3n) is 4.18. The van der Waals surface area contributed by atoms with Crippen molar-refractivity contribution in [2.45, 2.75) is 13.3 Å². The number of hydrogen-bond donors (Lipinski definition) is 1. The van der Waals surface area contributed by atoms with Gasteiger partial charge in [-0.1, -0.05) is 37.3 Å². The molecule has 4 nitrogen and oxygen atoms in total. The van der Waals surface area contributed by atoms with Crippen LogP contribution in [0.25, 0.3) is 0 Å². The number of anilines is 1. The summed E-state index contributed by atoms with van der Waals surface area (Å²) >= 11 is 0. The third-order valence-corrected chi connectivity index (χ3v) is 4.18. The van der Waals surface area contributed by atoms with Crippen molar-refractivity contribution in [3.05, 3.63) is 42.5 Å². The monoisotopic (exact) mass is 270 g/mol. The smallest absolute Gasteiger partial charge is 0.235 e. The first-order valence-electron chi connectivity index (χ1n) is 6.99. The van der Waals surface area contributed by atoms with Crippen LogP contribution in [0.15, 0.2) is 42.5 Å². The van der Waals surface area contributed by atoms with E-state index in [0.717, 1.165) is 5.69 Å². The Bertz CT molecular complexity index is 553. The first-order chi connectivity index (χ1) is 9.68. The van der Waals surface area contributed by atoms with Crippen LogP contribution in [0.2, 0.25) is 0 Å². The summed E-state index contributed by atoms with van der Waals surface area (Å²) in [4.78, 5) is 26.1. The lowest BCUT2D eigenvalue weighted by atomic mass is 9.78. The second-order valence-corrected chi connectivity index (χ2v) is 5.46. The zero-order chi connectivity index (χ0) is 14.1. The molecule has 3 atom stereocenters. The van der Waals surface area contributed by atoms with Crippen LogP contribution in [-0.4, -0.2) is 23.4 Å². The van der Waals surface area contributed by atoms with Crippen molar-refractivity contribution in [1.29, 1.82) is 0 Å². The first-order valence-corrected chi connectivity index (χ1v) is 6.99. The van der Waals surface area contributed by atoms with Gasteiger partial charge in [-0.15, -0.1) is 0 Å². The van der Waals surface area contributed by atoms with Gasteiger partial charge in [-0.25, -0.2) is 0 Å². The molecule has 2 aliphatic rings. The topological polar surface area (TPSA) is 49.4 Å². The highest BCUT2D eigenvalue weighted by Gasteiger charge is 2.49. The number of amides is 2. The normalized spacial score (nSPS) is 28.6. The number of rotatable bonds is 3. The third kappa shape index (κ3) is 2.11. The van der Waals surface area contributed by atoms with Crippen LogP contribution in [-0.2, 0) is 9.59 Å². The number of nitrogens with one attached hydrogen (secondary N) is 1. The van der Waals surface area contributed by atoms with E-state index in [0.29, 0.717) is 6.42 Å². The van der Waals surface area contributed by atoms with Crippen molar-refractivity contribution in [1.82, 2.24) is 4.90 Å². The number of carbonyl (C=O) groups is 2. The van der Waals surface area contributed by atoms with Crippen molar-refractivity contribution in [3.8, 4) is 0 Å². The summed E-state index contributed by atoms with van der Waals surface area (Å²) in [5, 5.41) is 3.14. The Kier molecular flexibility index (Phi) is 3.30. The van der Waals surface area contributed by atoms with E-state index >= 15 is 0 Å². The maximum Gasteiger partial charge on any atom is 0.235 e. The summed E-state index contributed by atoms with van der Waals surface area (Å²) in [7, 11) is 0. The van der Waals surface area contributed by atoms with Gasteiger partial charge in [-0.2, -0.15) is 0 Å². The number of hydrogen-bond acceptors (Lipinski definition) is 3. The molecule has 1 saturated heterocycles. The van der Waals surface area contributed by atoms with Crippen LogP contribution in [0.5, 0.6) is 0 Å². The minimum atomic E-state index is -0.176. The minimum Gasteiger partial charge on any atom is -0.367 e. The lowest BCUT2D eigenvalue weighted by molar-refractivity contribution is -0.139. The highest BCUT2D eigenvalue weighted by Crippen LogP contribution is 2.38. The molecular formula is C16H18N2O2. The highest BCUT2D eigenvalue weighted by atomic mass is 16.2. The maximum absolute atomic E-state index is 12.4. The standard InChI is InChI=1S/C16H18N2O2/c1-11-6-5-9-13-14(11)16(20)18(15(13)19)10-17-12-7-3-2-4-8-12/h2-8,11,13-14,17H,9-10H2,1H3/t11-,13+,14+/m0/s1. The predicted octanol–water partition coefficient (Wildman–Crippen LogP) is 2.25. The van der Waals surface area contributed by atoms with E-state index in [9.17, 15) is 9.59 Å². The molecule has 0 spiro atoms. The van der Waals surface area contributed by atoms with Crippen LogP contribution in [0, 0.1) is 17.8 Å². The van der Waals surface area contributed by atoms with Gasteiger partial charge in [0.25, 0.3) is 0 Å². The van der Waals surface area contributed by atoms with Crippen molar-refractivity contribution >= 4 is 17.5 Å². The summed E-state index contributed by atoms with van der Waals surface area (Å²) < 4.78 is 0. The van der Waals surface area contributed by atoms with Gasteiger partial charge in [0.2, 0.25) is 11.8 Å². The molecule has 1 N–H and O–H groups in total. The summed E-state index contributed by atoms with van der Waals surface area (Å²) in [6.45, 7) is 2.26. The number of para-hydroxylation sites is 1. The highest BCUT2D eigenvalue weighted by molar-refractivity contribution is 6.05. The number of allylic oxidation sites excluding steroid dienone is 2. The van der Waals surface area contributed by atoms with Crippen LogP contribution in [0.3, 0.4) is 0 Å². The fourth-order valence-corrected chi connectivity index (χ4v) is 3.09. The molecule has 1 aromatic rings. The molecule has 3 rings (SSSR count). The van der Waals surface area contributed by atoms with E-state index in [4.69, 9.17) is 0 Å². The van der Waals surface area contributed by atoms with Gasteiger partial charge in [-0.3, -0.25) is 14.5 Å². The SMILES string of the molecule is C[C@H]1C=CC[C@H]2C(=O)N(CNc3ccccc3)C(=O)[C@H]12. The Morgan fingerprint density at radius 2 is 1.95 bits per heavy atom. The van der Waals surface area contributed by atoms with E-state index in [1.807, 2.05) is 49.4 Å². The van der Waals surface area contributed by atoms with Gasteiger partial charge in [0, 0.05) is 5.69 Å². The van der Waals surface area contributed by atoms with Gasteiger partial charge in [0.05, 0.1) is 18.5 Å². The molecule has 2 amide bonds. The Morgan fingerprint density at radius 3 is 2.65 bits per heavy atom. The number of benzene rings is 1. The van der Waals surface area contributed by atoms with Crippen molar-refractivity contribution in [2.75, 3.05) is 12.0 Å². The molecule has 0 unspecified atom stereocenters. The number of fused-ring (bicyclic) bond motifs is 1. The molecule has 4 heteroatoms. The summed E-state index contributed by atoms with van der Waals surface area (Å²) in [6.07, 6.45) is 4.74. The van der Waals surface area contributed by atoms with Crippen LogP contribution < -0.4 is 5.32 Å². The largest absolute Gasteiger partial charge is 0.367 e. The molecule has 0 bridgehead atoms. The van der Waals surface area contributed by atoms with E-state index in [1.165, 1.54) is 4.90 Å². The summed E-state index contributed by atoms with van der Waals surface area (Å²) in [5.74, 6) is -0.281. The van der Waals surface area contributed by atoms with Crippen LogP contribution >= 0.6 is 0 Å². The Balaban J connectivity index is 1.72. The molecule has 1 aliphatic heterocycles. The second kappa shape index (κ2) is 5.12.